The fourth-order valence-corrected chi connectivity index (χ4v) is 1.55. The number of nitrogens with zero attached hydrogens (tertiary/aromatic N) is 3. The van der Waals surface area contributed by atoms with Gasteiger partial charge < -0.3 is 10.5 Å². The van der Waals surface area contributed by atoms with Gasteiger partial charge in [-0.05, 0) is 13.0 Å². The maximum Gasteiger partial charge on any atom is 0.159 e. The van der Waals surface area contributed by atoms with E-state index in [1.165, 1.54) is 0 Å². The van der Waals surface area contributed by atoms with Crippen LogP contribution in [0, 0.1) is 6.92 Å². The molecule has 0 radical (unpaired) electrons. The molecule has 0 aromatic carbocycles. The lowest BCUT2D eigenvalue weighted by Gasteiger charge is -2.09. The molecule has 5 heteroatoms. The average molecular weight is 230 g/mol. The number of hydrogen-bond donors (Lipinski definition) is 1. The molecule has 0 amide bonds. The monoisotopic (exact) mass is 230 g/mol. The molecule has 2 heterocycles. The van der Waals surface area contributed by atoms with Crippen molar-refractivity contribution in [3.63, 3.8) is 0 Å². The zero-order chi connectivity index (χ0) is 12.6. The van der Waals surface area contributed by atoms with Gasteiger partial charge in [0.25, 0.3) is 0 Å². The van der Waals surface area contributed by atoms with Crippen LogP contribution in [0.25, 0.3) is 17.1 Å². The molecule has 0 atom stereocenters. The van der Waals surface area contributed by atoms with Crippen LogP contribution in [0.5, 0.6) is 0 Å². The number of rotatable bonds is 3. The number of hydrogen-bond acceptors (Lipinski definition) is 4. The van der Waals surface area contributed by atoms with Gasteiger partial charge in [-0.25, -0.2) is 9.50 Å². The first-order chi connectivity index (χ1) is 8.04. The Morgan fingerprint density at radius 3 is 2.76 bits per heavy atom. The van der Waals surface area contributed by atoms with Crippen LogP contribution in [0.4, 0.5) is 0 Å². The van der Waals surface area contributed by atoms with E-state index in [2.05, 4.69) is 23.2 Å². The smallest absolute Gasteiger partial charge is 0.159 e. The van der Waals surface area contributed by atoms with Crippen LogP contribution in [-0.4, -0.2) is 21.7 Å². The number of aryl methyl sites for hydroxylation is 1. The maximum atomic E-state index is 5.75. The minimum absolute atomic E-state index is 0.422. The molecule has 0 fully saturated rings. The minimum Gasteiger partial charge on any atom is -0.495 e. The molecule has 0 spiro atoms. The van der Waals surface area contributed by atoms with Gasteiger partial charge in [0.1, 0.15) is 11.5 Å². The van der Waals surface area contributed by atoms with Crippen LogP contribution < -0.4 is 5.73 Å². The van der Waals surface area contributed by atoms with Gasteiger partial charge in [-0.2, -0.15) is 5.10 Å². The van der Waals surface area contributed by atoms with Crippen molar-refractivity contribution in [3.05, 3.63) is 42.4 Å². The van der Waals surface area contributed by atoms with Crippen molar-refractivity contribution in [1.29, 1.82) is 0 Å². The van der Waals surface area contributed by atoms with E-state index in [0.29, 0.717) is 22.8 Å². The fraction of sp³-hybridized carbons (Fsp3) is 0.167. The summed E-state index contributed by atoms with van der Waals surface area (Å²) in [4.78, 5) is 4.43. The number of fused-ring (bicyclic) bond motifs is 1. The highest BCUT2D eigenvalue weighted by Gasteiger charge is 2.12. The van der Waals surface area contributed by atoms with Crippen molar-refractivity contribution >= 4 is 17.1 Å². The van der Waals surface area contributed by atoms with E-state index in [1.807, 2.05) is 6.92 Å². The summed E-state index contributed by atoms with van der Waals surface area (Å²) in [7, 11) is 1.55. The fourth-order valence-electron chi connectivity index (χ4n) is 1.55. The van der Waals surface area contributed by atoms with Crippen molar-refractivity contribution < 1.29 is 4.74 Å². The third-order valence-electron chi connectivity index (χ3n) is 2.51. The molecule has 0 unspecified atom stereocenters. The Kier molecular flexibility index (Phi) is 2.59. The van der Waals surface area contributed by atoms with Crippen LogP contribution in [0.3, 0.4) is 0 Å². The molecule has 0 aliphatic carbocycles. The van der Waals surface area contributed by atoms with E-state index < -0.39 is 0 Å². The largest absolute Gasteiger partial charge is 0.495 e. The Bertz CT molecular complexity index is 612. The third kappa shape index (κ3) is 1.75. The molecule has 2 aromatic heterocycles. The summed E-state index contributed by atoms with van der Waals surface area (Å²) in [5.41, 5.74) is 9.17. The zero-order valence-corrected chi connectivity index (χ0v) is 9.90. The number of nitrogens with two attached hydrogens (primary N) is 1. The summed E-state index contributed by atoms with van der Waals surface area (Å²) < 4.78 is 6.74. The molecule has 0 bridgehead atoms. The first kappa shape index (κ1) is 11.2. The van der Waals surface area contributed by atoms with Crippen molar-refractivity contribution in [1.82, 2.24) is 14.6 Å². The van der Waals surface area contributed by atoms with Crippen molar-refractivity contribution in [2.75, 3.05) is 7.11 Å². The van der Waals surface area contributed by atoms with Gasteiger partial charge in [-0.15, -0.1) is 0 Å². The van der Waals surface area contributed by atoms with E-state index >= 15 is 0 Å². The standard InChI is InChI=1S/C12H14N4O/c1-7-6-14-16-11(8(2)13)5-10(9(3)17-4)15-12(7)16/h5-6H,2-3,13H2,1,4H3. The lowest BCUT2D eigenvalue weighted by atomic mass is 10.2. The van der Waals surface area contributed by atoms with Gasteiger partial charge >= 0.3 is 0 Å². The second-order valence-corrected chi connectivity index (χ2v) is 3.74. The lowest BCUT2D eigenvalue weighted by Crippen LogP contribution is -2.07. The number of aromatic nitrogens is 3. The molecule has 2 N–H and O–H groups in total. The highest BCUT2D eigenvalue weighted by molar-refractivity contribution is 5.66. The van der Waals surface area contributed by atoms with Crippen LogP contribution >= 0.6 is 0 Å². The van der Waals surface area contributed by atoms with Crippen LogP contribution in [0.2, 0.25) is 0 Å². The Morgan fingerprint density at radius 2 is 2.18 bits per heavy atom. The van der Waals surface area contributed by atoms with E-state index in [9.17, 15) is 0 Å². The zero-order valence-electron chi connectivity index (χ0n) is 9.90. The Balaban J connectivity index is 2.78. The lowest BCUT2D eigenvalue weighted by molar-refractivity contribution is 0.369. The summed E-state index contributed by atoms with van der Waals surface area (Å²) in [6.45, 7) is 9.44. The van der Waals surface area contributed by atoms with E-state index in [0.717, 1.165) is 11.2 Å². The van der Waals surface area contributed by atoms with Crippen molar-refractivity contribution in [2.24, 2.45) is 5.73 Å². The van der Waals surface area contributed by atoms with E-state index in [4.69, 9.17) is 10.5 Å². The summed E-state index contributed by atoms with van der Waals surface area (Å²) in [5.74, 6) is 0.482. The molecule has 5 nitrogen and oxygen atoms in total. The Morgan fingerprint density at radius 1 is 1.47 bits per heavy atom. The second kappa shape index (κ2) is 3.93. The first-order valence-electron chi connectivity index (χ1n) is 5.08. The summed E-state index contributed by atoms with van der Waals surface area (Å²) in [6, 6.07) is 1.76. The molecule has 0 saturated heterocycles. The normalized spacial score (nSPS) is 10.5. The van der Waals surface area contributed by atoms with Crippen LogP contribution in [0.1, 0.15) is 17.0 Å². The molecular formula is C12H14N4O. The molecule has 2 rings (SSSR count). The quantitative estimate of drug-likeness (QED) is 0.813. The van der Waals surface area contributed by atoms with Gasteiger partial charge in [0, 0.05) is 5.56 Å². The third-order valence-corrected chi connectivity index (χ3v) is 2.51. The van der Waals surface area contributed by atoms with Gasteiger partial charge in [0.15, 0.2) is 5.65 Å². The summed E-state index contributed by atoms with van der Waals surface area (Å²) in [6.07, 6.45) is 1.73. The summed E-state index contributed by atoms with van der Waals surface area (Å²) in [5, 5.41) is 4.21. The topological polar surface area (TPSA) is 65.4 Å². The Labute approximate surface area is 99.2 Å². The molecule has 0 aliphatic heterocycles. The number of ether oxygens (including phenoxy) is 1. The highest BCUT2D eigenvalue weighted by atomic mass is 16.5. The van der Waals surface area contributed by atoms with E-state index in [-0.39, 0.29) is 0 Å². The molecule has 88 valence electrons. The molecular weight excluding hydrogens is 216 g/mol. The molecule has 17 heavy (non-hydrogen) atoms. The van der Waals surface area contributed by atoms with Gasteiger partial charge in [0.2, 0.25) is 0 Å². The van der Waals surface area contributed by atoms with Gasteiger partial charge in [0.05, 0.1) is 24.7 Å². The van der Waals surface area contributed by atoms with Crippen molar-refractivity contribution in [2.45, 2.75) is 6.92 Å². The molecule has 0 aliphatic rings. The molecule has 2 aromatic rings. The predicted octanol–water partition coefficient (Wildman–Crippen LogP) is 1.58. The van der Waals surface area contributed by atoms with Crippen LogP contribution in [-0.2, 0) is 4.74 Å². The second-order valence-electron chi connectivity index (χ2n) is 3.74. The molecule has 0 saturated carbocycles. The van der Waals surface area contributed by atoms with E-state index in [1.54, 1.807) is 23.9 Å². The summed E-state index contributed by atoms with van der Waals surface area (Å²) >= 11 is 0. The van der Waals surface area contributed by atoms with Crippen molar-refractivity contribution in [3.8, 4) is 0 Å². The minimum atomic E-state index is 0.422. The maximum absolute atomic E-state index is 5.75. The average Bonchev–Trinajstić information content (AvgIpc) is 2.69. The van der Waals surface area contributed by atoms with Crippen LogP contribution in [0.15, 0.2) is 25.4 Å². The number of methoxy groups -OCH3 is 1. The SMILES string of the molecule is C=C(OC)c1cc(C(=C)N)n2ncc(C)c2n1. The van der Waals surface area contributed by atoms with Gasteiger partial charge in [-0.1, -0.05) is 13.2 Å². The van der Waals surface area contributed by atoms with Gasteiger partial charge in [-0.3, -0.25) is 0 Å². The first-order valence-corrected chi connectivity index (χ1v) is 5.08. The highest BCUT2D eigenvalue weighted by Crippen LogP contribution is 2.19. The Hall–Kier alpha value is -2.30. The predicted molar refractivity (Wildman–Crippen MR) is 67.0 cm³/mol.